The molecule has 0 radical (unpaired) electrons. The first-order chi connectivity index (χ1) is 8.86. The largest absolute Gasteiger partial charge is 0.417 e. The van der Waals surface area contributed by atoms with Crippen LogP contribution in [0.15, 0.2) is 24.3 Å². The van der Waals surface area contributed by atoms with Gasteiger partial charge in [0, 0.05) is 17.2 Å². The highest BCUT2D eigenvalue weighted by molar-refractivity contribution is 6.88. The van der Waals surface area contributed by atoms with E-state index < -0.39 is 8.07 Å². The standard InChI is InChI=1S/C15H24N2OSi/c1-16(2)11-13-12-9-7-8-10-14(12)17(18-3)15(13)19(4,5)6/h7-10H,11H2,1-6H3. The van der Waals surface area contributed by atoms with E-state index in [-0.39, 0.29) is 0 Å². The molecule has 0 aliphatic rings. The van der Waals surface area contributed by atoms with Gasteiger partial charge in [-0.2, -0.15) is 4.73 Å². The number of para-hydroxylation sites is 1. The van der Waals surface area contributed by atoms with Gasteiger partial charge in [0.05, 0.1) is 5.52 Å². The van der Waals surface area contributed by atoms with E-state index in [0.717, 1.165) is 6.54 Å². The highest BCUT2D eigenvalue weighted by Gasteiger charge is 2.29. The molecule has 0 aliphatic carbocycles. The first-order valence-corrected chi connectivity index (χ1v) is 10.2. The van der Waals surface area contributed by atoms with Gasteiger partial charge in [-0.15, -0.1) is 0 Å². The number of nitrogens with zero attached hydrogens (tertiary/aromatic N) is 2. The molecule has 19 heavy (non-hydrogen) atoms. The third-order valence-corrected chi connectivity index (χ3v) is 5.23. The summed E-state index contributed by atoms with van der Waals surface area (Å²) < 4.78 is 2.04. The Kier molecular flexibility index (Phi) is 3.74. The third kappa shape index (κ3) is 2.55. The van der Waals surface area contributed by atoms with Gasteiger partial charge in [-0.05, 0) is 25.7 Å². The Bertz CT molecular complexity index is 582. The molecular weight excluding hydrogens is 252 g/mol. The summed E-state index contributed by atoms with van der Waals surface area (Å²) in [5.41, 5.74) is 2.60. The molecule has 0 bridgehead atoms. The Hall–Kier alpha value is -1.26. The molecular formula is C15H24N2OSi. The molecule has 0 saturated heterocycles. The summed E-state index contributed by atoms with van der Waals surface area (Å²) in [6, 6.07) is 8.52. The molecule has 4 heteroatoms. The fourth-order valence-corrected chi connectivity index (χ4v) is 4.64. The summed E-state index contributed by atoms with van der Waals surface area (Å²) in [7, 11) is 4.51. The zero-order valence-electron chi connectivity index (χ0n) is 12.8. The van der Waals surface area contributed by atoms with E-state index in [9.17, 15) is 0 Å². The SMILES string of the molecule is COn1c([Si](C)(C)C)c(CN(C)C)c2ccccc21. The van der Waals surface area contributed by atoms with Crippen molar-refractivity contribution < 1.29 is 4.84 Å². The normalized spacial score (nSPS) is 12.4. The van der Waals surface area contributed by atoms with Crippen LogP contribution in [0.2, 0.25) is 19.6 Å². The van der Waals surface area contributed by atoms with Gasteiger partial charge in [0.25, 0.3) is 0 Å². The molecule has 2 aromatic rings. The fraction of sp³-hybridized carbons (Fsp3) is 0.467. The van der Waals surface area contributed by atoms with Crippen LogP contribution >= 0.6 is 0 Å². The van der Waals surface area contributed by atoms with Gasteiger partial charge in [0.15, 0.2) is 0 Å². The van der Waals surface area contributed by atoms with Crippen molar-refractivity contribution >= 4 is 24.3 Å². The predicted molar refractivity (Wildman–Crippen MR) is 84.8 cm³/mol. The van der Waals surface area contributed by atoms with Crippen molar-refractivity contribution in [3.05, 3.63) is 29.8 Å². The topological polar surface area (TPSA) is 17.4 Å². The summed E-state index contributed by atoms with van der Waals surface area (Å²) in [6.07, 6.45) is 0. The Morgan fingerprint density at radius 3 is 2.32 bits per heavy atom. The van der Waals surface area contributed by atoms with E-state index in [2.05, 4.69) is 62.9 Å². The van der Waals surface area contributed by atoms with E-state index in [1.807, 2.05) is 4.73 Å². The van der Waals surface area contributed by atoms with Gasteiger partial charge in [-0.3, -0.25) is 0 Å². The molecule has 3 nitrogen and oxygen atoms in total. The highest BCUT2D eigenvalue weighted by atomic mass is 28.3. The van der Waals surface area contributed by atoms with Crippen molar-refractivity contribution in [3.8, 4) is 0 Å². The van der Waals surface area contributed by atoms with Crippen LogP contribution in [0, 0.1) is 0 Å². The van der Waals surface area contributed by atoms with Gasteiger partial charge in [0.2, 0.25) is 0 Å². The monoisotopic (exact) mass is 276 g/mol. The van der Waals surface area contributed by atoms with Gasteiger partial charge in [-0.1, -0.05) is 37.8 Å². The minimum Gasteiger partial charge on any atom is -0.417 e. The molecule has 1 aromatic carbocycles. The van der Waals surface area contributed by atoms with Crippen LogP contribution in [0.5, 0.6) is 0 Å². The lowest BCUT2D eigenvalue weighted by Crippen LogP contribution is -2.46. The van der Waals surface area contributed by atoms with Gasteiger partial charge in [-0.25, -0.2) is 0 Å². The van der Waals surface area contributed by atoms with E-state index in [4.69, 9.17) is 4.84 Å². The van der Waals surface area contributed by atoms with Crippen LogP contribution in [0.3, 0.4) is 0 Å². The average Bonchev–Trinajstić information content (AvgIpc) is 2.62. The first kappa shape index (κ1) is 14.2. The summed E-state index contributed by atoms with van der Waals surface area (Å²) in [4.78, 5) is 7.91. The van der Waals surface area contributed by atoms with Gasteiger partial charge < -0.3 is 9.74 Å². The molecule has 104 valence electrons. The van der Waals surface area contributed by atoms with Crippen LogP contribution in [0.4, 0.5) is 0 Å². The average molecular weight is 276 g/mol. The molecule has 0 N–H and O–H groups in total. The minimum absolute atomic E-state index is 0.955. The summed E-state index contributed by atoms with van der Waals surface area (Å²) in [5, 5.41) is 2.71. The zero-order valence-corrected chi connectivity index (χ0v) is 13.8. The van der Waals surface area contributed by atoms with Crippen LogP contribution in [0.25, 0.3) is 10.9 Å². The second-order valence-corrected chi connectivity index (χ2v) is 11.3. The number of fused-ring (bicyclic) bond motifs is 1. The second kappa shape index (κ2) is 5.02. The Morgan fingerprint density at radius 1 is 1.16 bits per heavy atom. The summed E-state index contributed by atoms with van der Waals surface area (Å²) in [5.74, 6) is 0. The quantitative estimate of drug-likeness (QED) is 0.797. The molecule has 2 rings (SSSR count). The van der Waals surface area contributed by atoms with Gasteiger partial charge >= 0.3 is 0 Å². The molecule has 0 aliphatic heterocycles. The van der Waals surface area contributed by atoms with Crippen LogP contribution in [0.1, 0.15) is 5.56 Å². The minimum atomic E-state index is -1.48. The highest BCUT2D eigenvalue weighted by Crippen LogP contribution is 2.23. The molecule has 0 amide bonds. The summed E-state index contributed by atoms with van der Waals surface area (Å²) in [6.45, 7) is 8.07. The molecule has 0 atom stereocenters. The number of benzene rings is 1. The zero-order chi connectivity index (χ0) is 14.2. The number of hydrogen-bond donors (Lipinski definition) is 0. The van der Waals surface area contributed by atoms with Crippen molar-refractivity contribution in [2.45, 2.75) is 26.2 Å². The van der Waals surface area contributed by atoms with Crippen LogP contribution < -0.4 is 10.2 Å². The lowest BCUT2D eigenvalue weighted by molar-refractivity contribution is 0.186. The Balaban J connectivity index is 2.81. The lowest BCUT2D eigenvalue weighted by Gasteiger charge is -2.22. The van der Waals surface area contributed by atoms with Crippen molar-refractivity contribution in [1.29, 1.82) is 0 Å². The predicted octanol–water partition coefficient (Wildman–Crippen LogP) is 2.31. The van der Waals surface area contributed by atoms with E-state index >= 15 is 0 Å². The number of aromatic nitrogens is 1. The molecule has 1 aromatic heterocycles. The first-order valence-electron chi connectivity index (χ1n) is 6.68. The molecule has 1 heterocycles. The second-order valence-electron chi connectivity index (χ2n) is 6.31. The molecule has 0 saturated carbocycles. The summed E-state index contributed by atoms with van der Waals surface area (Å²) >= 11 is 0. The molecule has 0 spiro atoms. The maximum atomic E-state index is 5.68. The van der Waals surface area contributed by atoms with E-state index in [1.165, 1.54) is 21.8 Å². The maximum Gasteiger partial charge on any atom is 0.104 e. The van der Waals surface area contributed by atoms with E-state index in [1.54, 1.807) is 7.11 Å². The van der Waals surface area contributed by atoms with Crippen molar-refractivity contribution in [3.63, 3.8) is 0 Å². The van der Waals surface area contributed by atoms with Crippen LogP contribution in [-0.4, -0.2) is 38.9 Å². The smallest absolute Gasteiger partial charge is 0.104 e. The lowest BCUT2D eigenvalue weighted by atomic mass is 10.2. The third-order valence-electron chi connectivity index (χ3n) is 3.30. The van der Waals surface area contributed by atoms with E-state index in [0.29, 0.717) is 0 Å². The number of hydrogen-bond acceptors (Lipinski definition) is 2. The van der Waals surface area contributed by atoms with Crippen molar-refractivity contribution in [2.24, 2.45) is 0 Å². The number of rotatable bonds is 4. The van der Waals surface area contributed by atoms with Gasteiger partial charge in [0.1, 0.15) is 15.2 Å². The Labute approximate surface area is 116 Å². The molecule has 0 fully saturated rings. The van der Waals surface area contributed by atoms with Crippen molar-refractivity contribution in [1.82, 2.24) is 9.63 Å². The van der Waals surface area contributed by atoms with Crippen LogP contribution in [-0.2, 0) is 6.54 Å². The Morgan fingerprint density at radius 2 is 1.79 bits per heavy atom. The maximum absolute atomic E-state index is 5.68. The fourth-order valence-electron chi connectivity index (χ4n) is 2.70. The van der Waals surface area contributed by atoms with Crippen molar-refractivity contribution in [2.75, 3.05) is 21.2 Å². The molecule has 0 unspecified atom stereocenters.